The van der Waals surface area contributed by atoms with E-state index in [1.165, 1.54) is 13.3 Å². The highest BCUT2D eigenvalue weighted by Crippen LogP contribution is 2.28. The van der Waals surface area contributed by atoms with Gasteiger partial charge in [-0.05, 0) is 48.5 Å². The maximum atomic E-state index is 12.6. The summed E-state index contributed by atoms with van der Waals surface area (Å²) in [7, 11) is 3.14. The average Bonchev–Trinajstić information content (AvgIpc) is 2.69. The molecule has 0 bridgehead atoms. The SMILES string of the molecule is COc1ccc(Nc2cncc(C(=O)Nc3cc(Cl)ccc3OC)c2)cc1. The van der Waals surface area contributed by atoms with Crippen LogP contribution in [0.25, 0.3) is 0 Å². The van der Waals surface area contributed by atoms with Crippen molar-refractivity contribution in [2.75, 3.05) is 24.9 Å². The molecule has 0 atom stereocenters. The van der Waals surface area contributed by atoms with Gasteiger partial charge in [-0.25, -0.2) is 0 Å². The molecule has 27 heavy (non-hydrogen) atoms. The van der Waals surface area contributed by atoms with Crippen molar-refractivity contribution in [1.82, 2.24) is 4.98 Å². The number of pyridine rings is 1. The molecule has 3 aromatic rings. The molecule has 6 nitrogen and oxygen atoms in total. The number of nitrogens with zero attached hydrogens (tertiary/aromatic N) is 1. The van der Waals surface area contributed by atoms with Crippen molar-refractivity contribution in [3.8, 4) is 11.5 Å². The minimum Gasteiger partial charge on any atom is -0.497 e. The number of nitrogens with one attached hydrogen (secondary N) is 2. The minimum atomic E-state index is -0.318. The lowest BCUT2D eigenvalue weighted by atomic mass is 10.2. The summed E-state index contributed by atoms with van der Waals surface area (Å²) < 4.78 is 10.4. The van der Waals surface area contributed by atoms with Crippen molar-refractivity contribution in [2.45, 2.75) is 0 Å². The number of benzene rings is 2. The summed E-state index contributed by atoms with van der Waals surface area (Å²) in [6.07, 6.45) is 3.13. The van der Waals surface area contributed by atoms with E-state index in [2.05, 4.69) is 15.6 Å². The first-order valence-corrected chi connectivity index (χ1v) is 8.48. The quantitative estimate of drug-likeness (QED) is 0.642. The van der Waals surface area contributed by atoms with Gasteiger partial charge in [0, 0.05) is 16.9 Å². The van der Waals surface area contributed by atoms with Crippen molar-refractivity contribution >= 4 is 34.6 Å². The molecule has 0 aliphatic carbocycles. The number of hydrogen-bond donors (Lipinski definition) is 2. The van der Waals surface area contributed by atoms with E-state index < -0.39 is 0 Å². The third kappa shape index (κ3) is 4.68. The maximum absolute atomic E-state index is 12.6. The smallest absolute Gasteiger partial charge is 0.257 e. The van der Waals surface area contributed by atoms with Crippen molar-refractivity contribution in [3.05, 3.63) is 71.5 Å². The van der Waals surface area contributed by atoms with Gasteiger partial charge in [-0.1, -0.05) is 11.6 Å². The lowest BCUT2D eigenvalue weighted by Gasteiger charge is -2.11. The van der Waals surface area contributed by atoms with Crippen LogP contribution >= 0.6 is 11.6 Å². The lowest BCUT2D eigenvalue weighted by Crippen LogP contribution is -2.13. The molecule has 0 saturated heterocycles. The van der Waals surface area contributed by atoms with Crippen LogP contribution in [-0.2, 0) is 0 Å². The molecule has 1 aromatic heterocycles. The topological polar surface area (TPSA) is 72.5 Å². The Morgan fingerprint density at radius 1 is 0.963 bits per heavy atom. The van der Waals surface area contributed by atoms with Crippen LogP contribution < -0.4 is 20.1 Å². The van der Waals surface area contributed by atoms with Crippen LogP contribution in [0.2, 0.25) is 5.02 Å². The number of rotatable bonds is 6. The predicted octanol–water partition coefficient (Wildman–Crippen LogP) is 4.75. The summed E-state index contributed by atoms with van der Waals surface area (Å²) in [6.45, 7) is 0. The molecule has 3 rings (SSSR count). The summed E-state index contributed by atoms with van der Waals surface area (Å²) in [5, 5.41) is 6.49. The molecule has 1 amide bonds. The van der Waals surface area contributed by atoms with Gasteiger partial charge in [0.25, 0.3) is 5.91 Å². The first-order chi connectivity index (χ1) is 13.1. The first-order valence-electron chi connectivity index (χ1n) is 8.10. The molecule has 0 aliphatic heterocycles. The summed E-state index contributed by atoms with van der Waals surface area (Å²) in [4.78, 5) is 16.7. The highest BCUT2D eigenvalue weighted by Gasteiger charge is 2.11. The van der Waals surface area contributed by atoms with E-state index in [0.29, 0.717) is 27.7 Å². The van der Waals surface area contributed by atoms with Gasteiger partial charge in [0.1, 0.15) is 11.5 Å². The molecule has 1 heterocycles. The summed E-state index contributed by atoms with van der Waals surface area (Å²) in [5.74, 6) is 0.969. The summed E-state index contributed by atoms with van der Waals surface area (Å²) >= 11 is 6.00. The summed E-state index contributed by atoms with van der Waals surface area (Å²) in [5.41, 5.74) is 2.43. The molecule has 0 fully saturated rings. The van der Waals surface area contributed by atoms with Crippen LogP contribution in [0, 0.1) is 0 Å². The third-order valence-electron chi connectivity index (χ3n) is 3.79. The lowest BCUT2D eigenvalue weighted by molar-refractivity contribution is 0.102. The number of methoxy groups -OCH3 is 2. The van der Waals surface area contributed by atoms with Crippen LogP contribution in [0.15, 0.2) is 60.9 Å². The third-order valence-corrected chi connectivity index (χ3v) is 4.02. The number of ether oxygens (including phenoxy) is 2. The zero-order valence-electron chi connectivity index (χ0n) is 14.8. The van der Waals surface area contributed by atoms with E-state index in [4.69, 9.17) is 21.1 Å². The van der Waals surface area contributed by atoms with Crippen molar-refractivity contribution in [3.63, 3.8) is 0 Å². The fourth-order valence-electron chi connectivity index (χ4n) is 2.45. The number of aromatic nitrogens is 1. The fourth-order valence-corrected chi connectivity index (χ4v) is 2.62. The van der Waals surface area contributed by atoms with E-state index >= 15 is 0 Å². The molecule has 0 unspecified atom stereocenters. The summed E-state index contributed by atoms with van der Waals surface area (Å²) in [6, 6.07) is 14.2. The Bertz CT molecular complexity index is 945. The second kappa shape index (κ2) is 8.42. The van der Waals surface area contributed by atoms with Crippen LogP contribution in [0.1, 0.15) is 10.4 Å². The number of carbonyl (C=O) groups excluding carboxylic acids is 1. The Balaban J connectivity index is 1.76. The monoisotopic (exact) mass is 383 g/mol. The van der Waals surface area contributed by atoms with Gasteiger partial charge in [0.15, 0.2) is 0 Å². The van der Waals surface area contributed by atoms with Gasteiger partial charge in [0.05, 0.1) is 37.4 Å². The van der Waals surface area contributed by atoms with Gasteiger partial charge < -0.3 is 20.1 Å². The number of hydrogen-bond acceptors (Lipinski definition) is 5. The number of carbonyl (C=O) groups is 1. The molecular formula is C20H18ClN3O3. The average molecular weight is 384 g/mol. The number of halogens is 1. The molecule has 2 aromatic carbocycles. The highest BCUT2D eigenvalue weighted by molar-refractivity contribution is 6.31. The number of anilines is 3. The van der Waals surface area contributed by atoms with Crippen molar-refractivity contribution < 1.29 is 14.3 Å². The van der Waals surface area contributed by atoms with E-state index in [0.717, 1.165) is 11.4 Å². The Kier molecular flexibility index (Phi) is 5.78. The maximum Gasteiger partial charge on any atom is 0.257 e. The molecular weight excluding hydrogens is 366 g/mol. The Morgan fingerprint density at radius 2 is 1.74 bits per heavy atom. The fraction of sp³-hybridized carbons (Fsp3) is 0.100. The zero-order chi connectivity index (χ0) is 19.2. The van der Waals surface area contributed by atoms with Crippen LogP contribution in [0.5, 0.6) is 11.5 Å². The molecule has 0 spiro atoms. The van der Waals surface area contributed by atoms with Gasteiger partial charge >= 0.3 is 0 Å². The van der Waals surface area contributed by atoms with Crippen LogP contribution in [-0.4, -0.2) is 25.1 Å². The molecule has 0 radical (unpaired) electrons. The second-order valence-corrected chi connectivity index (χ2v) is 6.05. The van der Waals surface area contributed by atoms with Crippen molar-refractivity contribution in [1.29, 1.82) is 0 Å². The van der Waals surface area contributed by atoms with E-state index in [9.17, 15) is 4.79 Å². The normalized spacial score (nSPS) is 10.2. The van der Waals surface area contributed by atoms with E-state index in [-0.39, 0.29) is 5.91 Å². The number of amides is 1. The van der Waals surface area contributed by atoms with E-state index in [1.54, 1.807) is 37.6 Å². The van der Waals surface area contributed by atoms with Gasteiger partial charge in [-0.15, -0.1) is 0 Å². The zero-order valence-corrected chi connectivity index (χ0v) is 15.6. The molecule has 0 aliphatic rings. The Morgan fingerprint density at radius 3 is 2.44 bits per heavy atom. The Labute approximate surface area is 162 Å². The van der Waals surface area contributed by atoms with Gasteiger partial charge in [0.2, 0.25) is 0 Å². The largest absolute Gasteiger partial charge is 0.497 e. The molecule has 7 heteroatoms. The minimum absolute atomic E-state index is 0.318. The molecule has 138 valence electrons. The van der Waals surface area contributed by atoms with Crippen molar-refractivity contribution in [2.24, 2.45) is 0 Å². The predicted molar refractivity (Wildman–Crippen MR) is 106 cm³/mol. The molecule has 2 N–H and O–H groups in total. The standard InChI is InChI=1S/C20H18ClN3O3/c1-26-17-6-4-15(5-7-17)23-16-9-13(11-22-12-16)20(25)24-18-10-14(21)3-8-19(18)27-2/h3-12,23H,1-2H3,(H,24,25). The van der Waals surface area contributed by atoms with Crippen LogP contribution in [0.3, 0.4) is 0 Å². The first kappa shape index (κ1) is 18.5. The van der Waals surface area contributed by atoms with E-state index in [1.807, 2.05) is 24.3 Å². The van der Waals surface area contributed by atoms with Gasteiger partial charge in [-0.2, -0.15) is 0 Å². The van der Waals surface area contributed by atoms with Crippen LogP contribution in [0.4, 0.5) is 17.1 Å². The van der Waals surface area contributed by atoms with Gasteiger partial charge in [-0.3, -0.25) is 9.78 Å². The highest BCUT2D eigenvalue weighted by atomic mass is 35.5. The molecule has 0 saturated carbocycles. The second-order valence-electron chi connectivity index (χ2n) is 5.61. The Hall–Kier alpha value is -3.25.